The summed E-state index contributed by atoms with van der Waals surface area (Å²) in [7, 11) is 0. The van der Waals surface area contributed by atoms with E-state index < -0.39 is 0 Å². The molecule has 1 aliphatic heterocycles. The van der Waals surface area contributed by atoms with Crippen LogP contribution in [-0.2, 0) is 23.5 Å². The number of carbonyl (C=O) groups excluding carboxylic acids is 1. The number of hydrogen-bond donors (Lipinski definition) is 1. The third kappa shape index (κ3) is 3.86. The Morgan fingerprint density at radius 3 is 2.56 bits per heavy atom. The fourth-order valence-corrected chi connectivity index (χ4v) is 7.06. The van der Waals surface area contributed by atoms with E-state index in [4.69, 9.17) is 4.42 Å². The van der Waals surface area contributed by atoms with Gasteiger partial charge in [0, 0.05) is 22.3 Å². The summed E-state index contributed by atoms with van der Waals surface area (Å²) in [6, 6.07) is 23.0. The van der Waals surface area contributed by atoms with Crippen LogP contribution in [0.5, 0.6) is 0 Å². The van der Waals surface area contributed by atoms with Crippen molar-refractivity contribution in [3.05, 3.63) is 101 Å². The summed E-state index contributed by atoms with van der Waals surface area (Å²) < 4.78 is 5.68. The van der Waals surface area contributed by atoms with Crippen molar-refractivity contribution in [2.24, 2.45) is 5.41 Å². The molecular formula is C29H30N2O2S. The van der Waals surface area contributed by atoms with Gasteiger partial charge in [-0.25, -0.2) is 0 Å². The molecule has 1 aromatic heterocycles. The van der Waals surface area contributed by atoms with E-state index >= 15 is 0 Å². The number of benzene rings is 2. The van der Waals surface area contributed by atoms with Crippen LogP contribution >= 0.6 is 11.8 Å². The van der Waals surface area contributed by atoms with Gasteiger partial charge in [-0.15, -0.1) is 11.8 Å². The number of amides is 1. The van der Waals surface area contributed by atoms with Gasteiger partial charge in [0.1, 0.15) is 5.76 Å². The molecule has 4 nitrogen and oxygen atoms in total. The summed E-state index contributed by atoms with van der Waals surface area (Å²) in [5, 5.41) is 3.85. The van der Waals surface area contributed by atoms with Crippen LogP contribution in [0, 0.1) is 5.41 Å². The smallest absolute Gasteiger partial charge is 0.255 e. The Balaban J connectivity index is 1.42. The van der Waals surface area contributed by atoms with Gasteiger partial charge in [0.2, 0.25) is 0 Å². The molecule has 2 aromatic carbocycles. The molecule has 6 rings (SSSR count). The predicted octanol–water partition coefficient (Wildman–Crippen LogP) is 6.35. The maximum atomic E-state index is 14.4. The lowest BCUT2D eigenvalue weighted by Gasteiger charge is -2.49. The van der Waals surface area contributed by atoms with Crippen molar-refractivity contribution in [3.63, 3.8) is 0 Å². The Morgan fingerprint density at radius 2 is 1.76 bits per heavy atom. The van der Waals surface area contributed by atoms with Crippen molar-refractivity contribution in [1.82, 2.24) is 10.2 Å². The summed E-state index contributed by atoms with van der Waals surface area (Å²) in [5.74, 6) is 1.82. The summed E-state index contributed by atoms with van der Waals surface area (Å²) in [6.45, 7) is 0.472. The second kappa shape index (κ2) is 9.03. The largest absolute Gasteiger partial charge is 0.467 e. The third-order valence-corrected chi connectivity index (χ3v) is 8.78. The molecule has 1 atom stereocenters. The number of furan rings is 1. The minimum absolute atomic E-state index is 0.0670. The Morgan fingerprint density at radius 1 is 0.971 bits per heavy atom. The highest BCUT2D eigenvalue weighted by molar-refractivity contribution is 7.99. The first-order chi connectivity index (χ1) is 16.7. The quantitative estimate of drug-likeness (QED) is 0.472. The van der Waals surface area contributed by atoms with Crippen LogP contribution in [0.1, 0.15) is 54.6 Å². The maximum Gasteiger partial charge on any atom is 0.255 e. The molecule has 1 unspecified atom stereocenters. The monoisotopic (exact) mass is 470 g/mol. The van der Waals surface area contributed by atoms with Gasteiger partial charge in [-0.2, -0.15) is 0 Å². The Hall–Kier alpha value is -2.92. The van der Waals surface area contributed by atoms with Gasteiger partial charge >= 0.3 is 0 Å². The second-order valence-electron chi connectivity index (χ2n) is 9.73. The van der Waals surface area contributed by atoms with E-state index in [1.807, 2.05) is 23.1 Å². The fraction of sp³-hybridized carbons (Fsp3) is 0.345. The molecule has 1 amide bonds. The summed E-state index contributed by atoms with van der Waals surface area (Å²) >= 11 is 1.77. The van der Waals surface area contributed by atoms with Crippen LogP contribution < -0.4 is 5.32 Å². The molecule has 0 saturated heterocycles. The average Bonchev–Trinajstić information content (AvgIpc) is 3.39. The standard InChI is InChI=1S/C29H30N2O2S/c32-27-25-26(24-14-6-5-12-22(24)18-29(25)15-7-2-8-16-29)30-28(31(27)19-23-13-9-17-33-23)34-20-21-10-3-1-4-11-21/h1,3-6,9-14,17,28,30H,2,7-8,15-16,18-20H2. The van der Waals surface area contributed by atoms with Gasteiger partial charge in [0.25, 0.3) is 5.91 Å². The van der Waals surface area contributed by atoms with Crippen molar-refractivity contribution in [2.45, 2.75) is 56.3 Å². The van der Waals surface area contributed by atoms with Crippen molar-refractivity contribution in [1.29, 1.82) is 0 Å². The van der Waals surface area contributed by atoms with E-state index in [1.54, 1.807) is 18.0 Å². The minimum Gasteiger partial charge on any atom is -0.467 e. The molecule has 1 spiro atoms. The summed E-state index contributed by atoms with van der Waals surface area (Å²) in [4.78, 5) is 16.4. The van der Waals surface area contributed by atoms with Crippen LogP contribution in [0.15, 0.2) is 83.0 Å². The first kappa shape index (κ1) is 21.6. The van der Waals surface area contributed by atoms with Crippen LogP contribution in [0.3, 0.4) is 0 Å². The lowest BCUT2D eigenvalue weighted by molar-refractivity contribution is -0.131. The van der Waals surface area contributed by atoms with Crippen LogP contribution in [0.25, 0.3) is 5.70 Å². The topological polar surface area (TPSA) is 45.5 Å². The van der Waals surface area contributed by atoms with Crippen molar-refractivity contribution >= 4 is 23.4 Å². The van der Waals surface area contributed by atoms with Crippen molar-refractivity contribution in [2.75, 3.05) is 0 Å². The van der Waals surface area contributed by atoms with Gasteiger partial charge in [-0.05, 0) is 42.5 Å². The normalized spacial score (nSPS) is 21.2. The number of fused-ring (bicyclic) bond motifs is 3. The molecule has 3 aromatic rings. The lowest BCUT2D eigenvalue weighted by Crippen LogP contribution is -2.55. The molecule has 1 saturated carbocycles. The van der Waals surface area contributed by atoms with Gasteiger partial charge in [-0.3, -0.25) is 4.79 Å². The number of carbonyl (C=O) groups is 1. The molecular weight excluding hydrogens is 440 g/mol. The molecule has 3 aliphatic rings. The van der Waals surface area contributed by atoms with Crippen molar-refractivity contribution in [3.8, 4) is 0 Å². The van der Waals surface area contributed by atoms with Gasteiger partial charge in [-0.1, -0.05) is 73.9 Å². The highest BCUT2D eigenvalue weighted by Crippen LogP contribution is 2.53. The molecule has 174 valence electrons. The highest BCUT2D eigenvalue weighted by atomic mass is 32.2. The number of hydrogen-bond acceptors (Lipinski definition) is 4. The Labute approximate surface area is 205 Å². The Kier molecular flexibility index (Phi) is 5.74. The molecule has 1 N–H and O–H groups in total. The number of thioether (sulfide) groups is 1. The van der Waals surface area contributed by atoms with Gasteiger partial charge in [0.15, 0.2) is 5.50 Å². The number of rotatable bonds is 5. The molecule has 34 heavy (non-hydrogen) atoms. The highest BCUT2D eigenvalue weighted by Gasteiger charge is 2.49. The maximum absolute atomic E-state index is 14.4. The predicted molar refractivity (Wildman–Crippen MR) is 137 cm³/mol. The number of nitrogens with one attached hydrogen (secondary N) is 1. The molecule has 2 heterocycles. The molecule has 5 heteroatoms. The zero-order chi connectivity index (χ0) is 23.0. The van der Waals surface area contributed by atoms with E-state index in [-0.39, 0.29) is 16.8 Å². The van der Waals surface area contributed by atoms with E-state index in [0.717, 1.165) is 42.0 Å². The van der Waals surface area contributed by atoms with Gasteiger partial charge < -0.3 is 14.6 Å². The minimum atomic E-state index is -0.164. The zero-order valence-corrected chi connectivity index (χ0v) is 20.2. The SMILES string of the molecule is O=C1C2=C(NC(SCc3ccccc3)N1Cc1ccco1)c1ccccc1CC21CCCCC1. The van der Waals surface area contributed by atoms with E-state index in [1.165, 1.54) is 36.0 Å². The molecule has 1 fully saturated rings. The van der Waals surface area contributed by atoms with E-state index in [0.29, 0.717) is 6.54 Å². The van der Waals surface area contributed by atoms with Crippen molar-refractivity contribution < 1.29 is 9.21 Å². The van der Waals surface area contributed by atoms with Crippen LogP contribution in [0.4, 0.5) is 0 Å². The molecule has 0 bridgehead atoms. The zero-order valence-electron chi connectivity index (χ0n) is 19.3. The summed E-state index contributed by atoms with van der Waals surface area (Å²) in [5.41, 5.74) is 5.67. The van der Waals surface area contributed by atoms with Crippen LogP contribution in [0.2, 0.25) is 0 Å². The number of nitrogens with zero attached hydrogens (tertiary/aromatic N) is 1. The first-order valence-corrected chi connectivity index (χ1v) is 13.4. The molecule has 2 aliphatic carbocycles. The van der Waals surface area contributed by atoms with E-state index in [9.17, 15) is 4.79 Å². The second-order valence-corrected chi connectivity index (χ2v) is 10.8. The average molecular weight is 471 g/mol. The summed E-state index contributed by atoms with van der Waals surface area (Å²) in [6.07, 6.45) is 8.47. The van der Waals surface area contributed by atoms with Crippen LogP contribution in [-0.4, -0.2) is 16.3 Å². The van der Waals surface area contributed by atoms with Gasteiger partial charge in [0.05, 0.1) is 18.5 Å². The fourth-order valence-electron chi connectivity index (χ4n) is 5.97. The first-order valence-electron chi connectivity index (χ1n) is 12.3. The Bertz CT molecular complexity index is 1200. The third-order valence-electron chi connectivity index (χ3n) is 7.59. The lowest BCUT2D eigenvalue weighted by atomic mass is 9.61. The molecule has 0 radical (unpaired) electrons. The van der Waals surface area contributed by atoms with E-state index in [2.05, 4.69) is 53.8 Å².